The molecule has 1 aliphatic rings. The van der Waals surface area contributed by atoms with E-state index in [1.54, 1.807) is 11.8 Å². The molecule has 0 aliphatic carbocycles. The van der Waals surface area contributed by atoms with Crippen LogP contribution >= 0.6 is 0 Å². The van der Waals surface area contributed by atoms with E-state index < -0.39 is 0 Å². The van der Waals surface area contributed by atoms with E-state index in [0.717, 1.165) is 28.3 Å². The molecule has 1 unspecified atom stereocenters. The highest BCUT2D eigenvalue weighted by molar-refractivity contribution is 5.94. The number of nitrogens with zero attached hydrogens (tertiary/aromatic N) is 2. The van der Waals surface area contributed by atoms with E-state index in [1.807, 2.05) is 61.5 Å². The van der Waals surface area contributed by atoms with Crippen LogP contribution in [0.3, 0.4) is 0 Å². The van der Waals surface area contributed by atoms with Crippen molar-refractivity contribution >= 4 is 5.91 Å². The van der Waals surface area contributed by atoms with E-state index in [0.29, 0.717) is 25.4 Å². The van der Waals surface area contributed by atoms with Crippen molar-refractivity contribution in [3.8, 4) is 22.8 Å². The normalized spacial score (nSPS) is 15.5. The monoisotopic (exact) mass is 392 g/mol. The van der Waals surface area contributed by atoms with E-state index in [2.05, 4.69) is 10.6 Å². The maximum absolute atomic E-state index is 12.3. The van der Waals surface area contributed by atoms with Crippen molar-refractivity contribution in [2.75, 3.05) is 20.3 Å². The minimum Gasteiger partial charge on any atom is -0.497 e. The van der Waals surface area contributed by atoms with Crippen LogP contribution < -0.4 is 20.1 Å². The van der Waals surface area contributed by atoms with Crippen molar-refractivity contribution in [3.63, 3.8) is 0 Å². The van der Waals surface area contributed by atoms with Gasteiger partial charge in [-0.25, -0.2) is 4.68 Å². The summed E-state index contributed by atoms with van der Waals surface area (Å²) in [6.07, 6.45) is -0.149. The lowest BCUT2D eigenvalue weighted by Gasteiger charge is -2.26. The summed E-state index contributed by atoms with van der Waals surface area (Å²) in [6, 6.07) is 17.4. The molecule has 2 aromatic carbocycles. The minimum absolute atomic E-state index is 0.120. The lowest BCUT2D eigenvalue weighted by atomic mass is 10.1. The molecular formula is C22H24N4O3. The first-order valence-electron chi connectivity index (χ1n) is 9.66. The Balaban J connectivity index is 1.56. The van der Waals surface area contributed by atoms with E-state index in [4.69, 9.17) is 14.6 Å². The summed E-state index contributed by atoms with van der Waals surface area (Å²) in [5.74, 6) is 1.52. The zero-order chi connectivity index (χ0) is 20.2. The molecule has 1 aliphatic heterocycles. The number of para-hydroxylation sites is 1. The number of benzene rings is 2. The van der Waals surface area contributed by atoms with Gasteiger partial charge in [-0.1, -0.05) is 18.2 Å². The second-order valence-electron chi connectivity index (χ2n) is 6.74. The number of hydrogen-bond donors (Lipinski definition) is 2. The molecule has 150 valence electrons. The number of ether oxygens (including phenoxy) is 2. The molecule has 3 aromatic rings. The van der Waals surface area contributed by atoms with E-state index in [9.17, 15) is 4.79 Å². The Morgan fingerprint density at radius 2 is 2.00 bits per heavy atom. The molecular weight excluding hydrogens is 368 g/mol. The second-order valence-corrected chi connectivity index (χ2v) is 6.74. The number of carbonyl (C=O) groups is 1. The summed E-state index contributed by atoms with van der Waals surface area (Å²) < 4.78 is 12.7. The largest absolute Gasteiger partial charge is 0.497 e. The first-order valence-corrected chi connectivity index (χ1v) is 9.66. The number of carbonyl (C=O) groups excluding carboxylic acids is 1. The van der Waals surface area contributed by atoms with Crippen molar-refractivity contribution < 1.29 is 14.3 Å². The predicted octanol–water partition coefficient (Wildman–Crippen LogP) is 2.99. The van der Waals surface area contributed by atoms with E-state index in [-0.39, 0.29) is 12.1 Å². The van der Waals surface area contributed by atoms with Crippen LogP contribution in [0.4, 0.5) is 0 Å². The molecule has 2 heterocycles. The first kappa shape index (κ1) is 19.0. The number of fused-ring (bicyclic) bond motifs is 1. The van der Waals surface area contributed by atoms with Crippen molar-refractivity contribution in [3.05, 3.63) is 65.9 Å². The highest BCUT2D eigenvalue weighted by Gasteiger charge is 2.27. The van der Waals surface area contributed by atoms with Crippen molar-refractivity contribution in [2.24, 2.45) is 0 Å². The van der Waals surface area contributed by atoms with Crippen molar-refractivity contribution in [1.82, 2.24) is 20.4 Å². The van der Waals surface area contributed by atoms with Gasteiger partial charge in [0.25, 0.3) is 5.91 Å². The average molecular weight is 392 g/mol. The van der Waals surface area contributed by atoms with Crippen molar-refractivity contribution in [2.45, 2.75) is 19.6 Å². The third kappa shape index (κ3) is 3.95. The van der Waals surface area contributed by atoms with Crippen molar-refractivity contribution in [1.29, 1.82) is 0 Å². The number of nitrogens with one attached hydrogen (secondary N) is 2. The number of hydrogen-bond acceptors (Lipinski definition) is 5. The maximum Gasteiger partial charge on any atom is 0.269 e. The summed E-state index contributed by atoms with van der Waals surface area (Å²) in [5, 5.41) is 11.1. The van der Waals surface area contributed by atoms with Crippen LogP contribution in [-0.2, 0) is 6.54 Å². The molecule has 7 heteroatoms. The highest BCUT2D eigenvalue weighted by atomic mass is 16.5. The fourth-order valence-electron chi connectivity index (χ4n) is 3.40. The molecule has 0 saturated carbocycles. The molecule has 0 spiro atoms. The van der Waals surface area contributed by atoms with Gasteiger partial charge in [0.1, 0.15) is 23.4 Å². The smallest absolute Gasteiger partial charge is 0.269 e. The molecule has 29 heavy (non-hydrogen) atoms. The van der Waals surface area contributed by atoms with Gasteiger partial charge in [-0.2, -0.15) is 5.10 Å². The molecule has 0 bridgehead atoms. The van der Waals surface area contributed by atoms with Gasteiger partial charge in [0.05, 0.1) is 26.0 Å². The Labute approximate surface area is 169 Å². The van der Waals surface area contributed by atoms with Gasteiger partial charge in [0, 0.05) is 17.7 Å². The van der Waals surface area contributed by atoms with Crippen LogP contribution in [0.15, 0.2) is 54.6 Å². The summed E-state index contributed by atoms with van der Waals surface area (Å²) in [5.41, 5.74) is 3.29. The molecule has 0 saturated heterocycles. The number of aromatic nitrogens is 2. The van der Waals surface area contributed by atoms with Gasteiger partial charge < -0.3 is 14.8 Å². The van der Waals surface area contributed by atoms with Crippen LogP contribution in [0, 0.1) is 0 Å². The number of methoxy groups -OCH3 is 1. The van der Waals surface area contributed by atoms with Crippen LogP contribution in [0.5, 0.6) is 11.5 Å². The quantitative estimate of drug-likeness (QED) is 0.646. The second kappa shape index (κ2) is 8.36. The summed E-state index contributed by atoms with van der Waals surface area (Å²) in [7, 11) is 1.63. The Bertz CT molecular complexity index is 998. The lowest BCUT2D eigenvalue weighted by molar-refractivity contribution is 0.0900. The lowest BCUT2D eigenvalue weighted by Crippen LogP contribution is -2.45. The Morgan fingerprint density at radius 1 is 1.21 bits per heavy atom. The van der Waals surface area contributed by atoms with Gasteiger partial charge in [-0.15, -0.1) is 0 Å². The summed E-state index contributed by atoms with van der Waals surface area (Å²) in [6.45, 7) is 3.66. The van der Waals surface area contributed by atoms with E-state index >= 15 is 0 Å². The third-order valence-corrected chi connectivity index (χ3v) is 4.91. The zero-order valence-electron chi connectivity index (χ0n) is 16.5. The fraction of sp³-hybridized carbons (Fsp3) is 0.273. The maximum atomic E-state index is 12.3. The molecule has 1 aromatic heterocycles. The number of rotatable bonds is 7. The van der Waals surface area contributed by atoms with Gasteiger partial charge in [0.2, 0.25) is 0 Å². The summed E-state index contributed by atoms with van der Waals surface area (Å²) >= 11 is 0. The standard InChI is InChI=1S/C22H24N4O3/c1-3-29-20-7-5-4-6-16(20)13-23-21-14-24-22(27)19-12-18(25-26(19)21)15-8-10-17(28-2)11-9-15/h4-12,21,23H,3,13-14H2,1-2H3,(H,24,27). The molecule has 4 rings (SSSR count). The Kier molecular flexibility index (Phi) is 5.48. The SMILES string of the molecule is CCOc1ccccc1CNC1CNC(=O)c2cc(-c3ccc(OC)cc3)nn21. The molecule has 1 atom stereocenters. The third-order valence-electron chi connectivity index (χ3n) is 4.91. The van der Waals surface area contributed by atoms with Gasteiger partial charge in [-0.3, -0.25) is 10.1 Å². The van der Waals surface area contributed by atoms with Crippen LogP contribution in [0.25, 0.3) is 11.3 Å². The van der Waals surface area contributed by atoms with Gasteiger partial charge in [0.15, 0.2) is 0 Å². The zero-order valence-corrected chi connectivity index (χ0v) is 16.5. The minimum atomic E-state index is -0.149. The highest BCUT2D eigenvalue weighted by Crippen LogP contribution is 2.25. The molecule has 7 nitrogen and oxygen atoms in total. The Hall–Kier alpha value is -3.32. The van der Waals surface area contributed by atoms with Gasteiger partial charge in [-0.05, 0) is 43.3 Å². The summed E-state index contributed by atoms with van der Waals surface area (Å²) in [4.78, 5) is 12.3. The van der Waals surface area contributed by atoms with Crippen LogP contribution in [0.1, 0.15) is 29.1 Å². The molecule has 0 fully saturated rings. The molecule has 2 N–H and O–H groups in total. The van der Waals surface area contributed by atoms with Gasteiger partial charge >= 0.3 is 0 Å². The Morgan fingerprint density at radius 3 is 2.76 bits per heavy atom. The molecule has 1 amide bonds. The number of amides is 1. The molecule has 0 radical (unpaired) electrons. The van der Waals surface area contributed by atoms with Crippen LogP contribution in [-0.4, -0.2) is 35.9 Å². The first-order chi connectivity index (χ1) is 14.2. The predicted molar refractivity (Wildman–Crippen MR) is 110 cm³/mol. The van der Waals surface area contributed by atoms with E-state index in [1.165, 1.54) is 0 Å². The average Bonchev–Trinajstić information content (AvgIpc) is 3.21. The topological polar surface area (TPSA) is 77.4 Å². The fourth-order valence-corrected chi connectivity index (χ4v) is 3.40. The van der Waals surface area contributed by atoms with Crippen LogP contribution in [0.2, 0.25) is 0 Å².